The number of nitrogens with one attached hydrogen (secondary N) is 1. The smallest absolute Gasteiger partial charge is 0.264 e. The van der Waals surface area contributed by atoms with E-state index in [0.29, 0.717) is 17.3 Å². The van der Waals surface area contributed by atoms with Gasteiger partial charge in [0.1, 0.15) is 12.3 Å². The van der Waals surface area contributed by atoms with Crippen LogP contribution in [0.5, 0.6) is 5.75 Å². The molecule has 0 saturated heterocycles. The van der Waals surface area contributed by atoms with E-state index in [0.717, 1.165) is 21.2 Å². The molecule has 3 aromatic rings. The van der Waals surface area contributed by atoms with E-state index >= 15 is 0 Å². The normalized spacial score (nSPS) is 12.1. The first kappa shape index (κ1) is 24.6. The van der Waals surface area contributed by atoms with Gasteiger partial charge in [-0.1, -0.05) is 41.9 Å². The molecular formula is C25H27ClN2O4S. The summed E-state index contributed by atoms with van der Waals surface area (Å²) in [5.74, 6) is 0.330. The lowest BCUT2D eigenvalue weighted by molar-refractivity contribution is -0.120. The molecule has 33 heavy (non-hydrogen) atoms. The highest BCUT2D eigenvalue weighted by atomic mass is 35.5. The topological polar surface area (TPSA) is 75.7 Å². The fourth-order valence-electron chi connectivity index (χ4n) is 3.40. The number of sulfonamides is 1. The van der Waals surface area contributed by atoms with Crippen molar-refractivity contribution in [3.8, 4) is 5.75 Å². The lowest BCUT2D eigenvalue weighted by Crippen LogP contribution is -2.41. The molecule has 8 heteroatoms. The van der Waals surface area contributed by atoms with E-state index in [4.69, 9.17) is 16.3 Å². The van der Waals surface area contributed by atoms with Gasteiger partial charge >= 0.3 is 0 Å². The van der Waals surface area contributed by atoms with Gasteiger partial charge in [-0.3, -0.25) is 9.10 Å². The minimum Gasteiger partial charge on any atom is -0.494 e. The molecule has 0 saturated carbocycles. The molecule has 0 heterocycles. The zero-order valence-corrected chi connectivity index (χ0v) is 20.4. The zero-order valence-electron chi connectivity index (χ0n) is 18.8. The van der Waals surface area contributed by atoms with Gasteiger partial charge in [0.15, 0.2) is 0 Å². The Kier molecular flexibility index (Phi) is 8.00. The average molecular weight is 487 g/mol. The van der Waals surface area contributed by atoms with Crippen molar-refractivity contribution in [2.45, 2.75) is 31.7 Å². The Morgan fingerprint density at radius 2 is 1.67 bits per heavy atom. The molecule has 0 fully saturated rings. The van der Waals surface area contributed by atoms with Crippen molar-refractivity contribution in [3.63, 3.8) is 0 Å². The number of carbonyl (C=O) groups is 1. The van der Waals surface area contributed by atoms with Crippen LogP contribution in [0.15, 0.2) is 77.7 Å². The first-order valence-corrected chi connectivity index (χ1v) is 12.4. The minimum absolute atomic E-state index is 0.0579. The van der Waals surface area contributed by atoms with E-state index in [2.05, 4.69) is 5.32 Å². The molecule has 1 N–H and O–H groups in total. The number of hydrogen-bond donors (Lipinski definition) is 1. The molecule has 174 valence electrons. The van der Waals surface area contributed by atoms with Crippen LogP contribution < -0.4 is 14.4 Å². The maximum atomic E-state index is 13.5. The molecule has 3 aromatic carbocycles. The summed E-state index contributed by atoms with van der Waals surface area (Å²) >= 11 is 5.93. The van der Waals surface area contributed by atoms with Gasteiger partial charge in [-0.05, 0) is 74.4 Å². The number of amides is 1. The Morgan fingerprint density at radius 1 is 1.03 bits per heavy atom. The first-order valence-electron chi connectivity index (χ1n) is 10.6. The van der Waals surface area contributed by atoms with E-state index in [-0.39, 0.29) is 17.5 Å². The molecule has 3 rings (SSSR count). The van der Waals surface area contributed by atoms with Crippen LogP contribution in [0.3, 0.4) is 0 Å². The summed E-state index contributed by atoms with van der Waals surface area (Å²) in [7, 11) is -4.00. The third kappa shape index (κ3) is 6.06. The maximum absolute atomic E-state index is 13.5. The number of aryl methyl sites for hydroxylation is 1. The van der Waals surface area contributed by atoms with Gasteiger partial charge in [0.2, 0.25) is 5.91 Å². The predicted octanol–water partition coefficient (Wildman–Crippen LogP) is 5.12. The standard InChI is InChI=1S/C25H27ClN2O4S/c1-4-32-22-13-9-20(10-14-22)19(3)27-25(29)17-28(24-8-6-5-7-18(24)2)33(30,31)23-15-11-21(26)12-16-23/h5-16,19H,4,17H2,1-3H3,(H,27,29)/t19-/m1/s1. The monoisotopic (exact) mass is 486 g/mol. The second-order valence-electron chi connectivity index (χ2n) is 7.54. The van der Waals surface area contributed by atoms with Crippen molar-refractivity contribution in [3.05, 3.63) is 88.9 Å². The molecule has 1 amide bonds. The summed E-state index contributed by atoms with van der Waals surface area (Å²) in [6.07, 6.45) is 0. The van der Waals surface area contributed by atoms with Gasteiger partial charge in [-0.2, -0.15) is 0 Å². The molecule has 0 spiro atoms. The summed E-state index contributed by atoms with van der Waals surface area (Å²) in [6.45, 7) is 5.77. The van der Waals surface area contributed by atoms with Gasteiger partial charge in [0, 0.05) is 5.02 Å². The van der Waals surface area contributed by atoms with Gasteiger partial charge in [-0.25, -0.2) is 8.42 Å². The highest BCUT2D eigenvalue weighted by Crippen LogP contribution is 2.27. The highest BCUT2D eigenvalue weighted by Gasteiger charge is 2.28. The number of anilines is 1. The molecule has 6 nitrogen and oxygen atoms in total. The van der Waals surface area contributed by atoms with E-state index in [1.165, 1.54) is 24.3 Å². The predicted molar refractivity (Wildman–Crippen MR) is 131 cm³/mol. The Balaban J connectivity index is 1.85. The summed E-state index contributed by atoms with van der Waals surface area (Å²) in [6, 6.07) is 20.1. The van der Waals surface area contributed by atoms with Gasteiger partial charge < -0.3 is 10.1 Å². The molecule has 0 aliphatic carbocycles. The van der Waals surface area contributed by atoms with Crippen LogP contribution in [-0.2, 0) is 14.8 Å². The lowest BCUT2D eigenvalue weighted by atomic mass is 10.1. The largest absolute Gasteiger partial charge is 0.494 e. The van der Waals surface area contributed by atoms with Crippen molar-refractivity contribution in [2.75, 3.05) is 17.5 Å². The second-order valence-corrected chi connectivity index (χ2v) is 9.84. The quantitative estimate of drug-likeness (QED) is 0.455. The number of ether oxygens (including phenoxy) is 1. The van der Waals surface area contributed by atoms with Crippen LogP contribution >= 0.6 is 11.6 Å². The van der Waals surface area contributed by atoms with Gasteiger partial charge in [-0.15, -0.1) is 0 Å². The van der Waals surface area contributed by atoms with Crippen molar-refractivity contribution in [1.82, 2.24) is 5.32 Å². The molecule has 0 aliphatic rings. The van der Waals surface area contributed by atoms with Crippen molar-refractivity contribution >= 4 is 33.2 Å². The fraction of sp³-hybridized carbons (Fsp3) is 0.240. The van der Waals surface area contributed by atoms with Crippen LogP contribution in [0.1, 0.15) is 31.0 Å². The van der Waals surface area contributed by atoms with E-state index in [1.54, 1.807) is 25.1 Å². The van der Waals surface area contributed by atoms with Crippen LogP contribution in [0, 0.1) is 6.92 Å². The van der Waals surface area contributed by atoms with Crippen molar-refractivity contribution < 1.29 is 17.9 Å². The Hall–Kier alpha value is -3.03. The van der Waals surface area contributed by atoms with Crippen LogP contribution in [0.25, 0.3) is 0 Å². The van der Waals surface area contributed by atoms with Crippen LogP contribution in [0.4, 0.5) is 5.69 Å². The van der Waals surface area contributed by atoms with E-state index in [1.807, 2.05) is 44.2 Å². The van der Waals surface area contributed by atoms with E-state index in [9.17, 15) is 13.2 Å². The molecule has 0 aliphatic heterocycles. The third-order valence-corrected chi connectivity index (χ3v) is 7.17. The number of nitrogens with zero attached hydrogens (tertiary/aromatic N) is 1. The number of para-hydroxylation sites is 1. The van der Waals surface area contributed by atoms with E-state index < -0.39 is 15.9 Å². The highest BCUT2D eigenvalue weighted by molar-refractivity contribution is 7.92. The summed E-state index contributed by atoms with van der Waals surface area (Å²) < 4.78 is 33.5. The molecule has 0 bridgehead atoms. The summed E-state index contributed by atoms with van der Waals surface area (Å²) in [5, 5.41) is 3.32. The fourth-order valence-corrected chi connectivity index (χ4v) is 5.01. The first-order chi connectivity index (χ1) is 15.7. The molecule has 0 radical (unpaired) electrons. The van der Waals surface area contributed by atoms with Crippen LogP contribution in [-0.4, -0.2) is 27.5 Å². The molecular weight excluding hydrogens is 460 g/mol. The molecule has 0 aromatic heterocycles. The Morgan fingerprint density at radius 3 is 2.27 bits per heavy atom. The number of rotatable bonds is 9. The second kappa shape index (κ2) is 10.7. The maximum Gasteiger partial charge on any atom is 0.264 e. The van der Waals surface area contributed by atoms with Crippen LogP contribution in [0.2, 0.25) is 5.02 Å². The number of halogens is 1. The number of carbonyl (C=O) groups excluding carboxylic acids is 1. The molecule has 0 unspecified atom stereocenters. The summed E-state index contributed by atoms with van der Waals surface area (Å²) in [4.78, 5) is 13.0. The zero-order chi connectivity index (χ0) is 24.0. The summed E-state index contributed by atoms with van der Waals surface area (Å²) in [5.41, 5.74) is 2.06. The van der Waals surface area contributed by atoms with Crippen molar-refractivity contribution in [1.29, 1.82) is 0 Å². The van der Waals surface area contributed by atoms with Crippen molar-refractivity contribution in [2.24, 2.45) is 0 Å². The minimum atomic E-state index is -4.00. The third-order valence-electron chi connectivity index (χ3n) is 5.14. The Bertz CT molecular complexity index is 1200. The van der Waals surface area contributed by atoms with Gasteiger partial charge in [0.25, 0.3) is 10.0 Å². The Labute approximate surface area is 200 Å². The SMILES string of the molecule is CCOc1ccc([C@@H](C)NC(=O)CN(c2ccccc2C)S(=O)(=O)c2ccc(Cl)cc2)cc1. The lowest BCUT2D eigenvalue weighted by Gasteiger charge is -2.26. The number of hydrogen-bond acceptors (Lipinski definition) is 4. The molecule has 1 atom stereocenters. The van der Waals surface area contributed by atoms with Gasteiger partial charge in [0.05, 0.1) is 23.2 Å². The number of benzene rings is 3. The average Bonchev–Trinajstić information content (AvgIpc) is 2.79.